The van der Waals surface area contributed by atoms with Gasteiger partial charge < -0.3 is 14.6 Å². The molecule has 0 unspecified atom stereocenters. The number of amides is 1. The lowest BCUT2D eigenvalue weighted by Gasteiger charge is -2.11. The van der Waals surface area contributed by atoms with Crippen molar-refractivity contribution in [2.75, 3.05) is 7.05 Å². The van der Waals surface area contributed by atoms with Crippen molar-refractivity contribution in [3.63, 3.8) is 0 Å². The summed E-state index contributed by atoms with van der Waals surface area (Å²) in [5.41, 5.74) is 2.57. The number of nitrogens with zero attached hydrogens (tertiary/aromatic N) is 3. The number of rotatable bonds is 6. The maximum absolute atomic E-state index is 12.9. The Bertz CT molecular complexity index is 1410. The number of benzene rings is 3. The number of halogens is 1. The minimum absolute atomic E-state index is 0.0534. The predicted molar refractivity (Wildman–Crippen MR) is 136 cm³/mol. The highest BCUT2D eigenvalue weighted by molar-refractivity contribution is 9.10. The van der Waals surface area contributed by atoms with Gasteiger partial charge in [0.15, 0.2) is 5.17 Å². The number of aromatic carboxylic acids is 1. The molecular formula is C26H17BrN3O4S-. The Morgan fingerprint density at radius 3 is 2.66 bits per heavy atom. The van der Waals surface area contributed by atoms with E-state index in [4.69, 9.17) is 4.74 Å². The normalized spacial score (nSPS) is 15.5. The molecule has 1 aliphatic heterocycles. The standard InChI is InChI=1S/C26H18BrN3O4S/c1-30-24(31)23(35-26(30)29-21-9-6-16(7-10-21)25(32)33)13-19-12-20(27)8-11-22(19)34-15-18-5-3-2-4-17(18)14-28/h2-13H,15H2,1H3,(H,32,33)/p-1/b23-13-,29-26?. The number of thioether (sulfide) groups is 1. The molecule has 3 aromatic carbocycles. The maximum Gasteiger partial charge on any atom is 0.266 e. The summed E-state index contributed by atoms with van der Waals surface area (Å²) in [6, 6.07) is 20.8. The van der Waals surface area contributed by atoms with Crippen LogP contribution in [0.25, 0.3) is 6.08 Å². The highest BCUT2D eigenvalue weighted by Crippen LogP contribution is 2.35. The first-order chi connectivity index (χ1) is 16.9. The fourth-order valence-electron chi connectivity index (χ4n) is 3.25. The van der Waals surface area contributed by atoms with E-state index in [9.17, 15) is 20.0 Å². The van der Waals surface area contributed by atoms with Crippen LogP contribution in [0.15, 0.2) is 81.1 Å². The molecule has 1 saturated heterocycles. The molecule has 1 aliphatic rings. The fourth-order valence-corrected chi connectivity index (χ4v) is 4.61. The van der Waals surface area contributed by atoms with Gasteiger partial charge in [0.25, 0.3) is 5.91 Å². The predicted octanol–water partition coefficient (Wildman–Crippen LogP) is 4.50. The van der Waals surface area contributed by atoms with Crippen LogP contribution in [-0.2, 0) is 11.4 Å². The van der Waals surface area contributed by atoms with Gasteiger partial charge in [0.05, 0.1) is 28.2 Å². The third kappa shape index (κ3) is 5.62. The average molecular weight is 547 g/mol. The van der Waals surface area contributed by atoms with Crippen molar-refractivity contribution in [1.82, 2.24) is 4.90 Å². The zero-order chi connectivity index (χ0) is 24.9. The van der Waals surface area contributed by atoms with Gasteiger partial charge in [-0.2, -0.15) is 5.26 Å². The molecule has 1 amide bonds. The van der Waals surface area contributed by atoms with Gasteiger partial charge in [-0.15, -0.1) is 0 Å². The van der Waals surface area contributed by atoms with E-state index in [1.54, 1.807) is 43.5 Å². The Morgan fingerprint density at radius 2 is 1.94 bits per heavy atom. The van der Waals surface area contributed by atoms with Gasteiger partial charge in [0.2, 0.25) is 0 Å². The maximum atomic E-state index is 12.9. The number of likely N-dealkylation sites (N-methyl/N-ethyl adjacent to an activating group) is 1. The van der Waals surface area contributed by atoms with E-state index in [1.165, 1.54) is 28.8 Å². The van der Waals surface area contributed by atoms with Crippen LogP contribution in [0.1, 0.15) is 27.0 Å². The number of hydrogen-bond acceptors (Lipinski definition) is 7. The van der Waals surface area contributed by atoms with E-state index in [-0.39, 0.29) is 18.1 Å². The van der Waals surface area contributed by atoms with Gasteiger partial charge in [-0.1, -0.05) is 46.3 Å². The summed E-state index contributed by atoms with van der Waals surface area (Å²) in [7, 11) is 1.63. The molecule has 0 radical (unpaired) electrons. The van der Waals surface area contributed by atoms with E-state index >= 15 is 0 Å². The smallest absolute Gasteiger partial charge is 0.266 e. The molecule has 1 fully saturated rings. The van der Waals surface area contributed by atoms with Crippen molar-refractivity contribution in [2.24, 2.45) is 4.99 Å². The molecule has 7 nitrogen and oxygen atoms in total. The summed E-state index contributed by atoms with van der Waals surface area (Å²) in [5, 5.41) is 20.7. The Labute approximate surface area is 214 Å². The van der Waals surface area contributed by atoms with Gasteiger partial charge in [-0.3, -0.25) is 9.69 Å². The Balaban J connectivity index is 1.59. The summed E-state index contributed by atoms with van der Waals surface area (Å²) in [5.74, 6) is -0.922. The van der Waals surface area contributed by atoms with E-state index in [0.717, 1.165) is 10.0 Å². The molecule has 0 atom stereocenters. The highest BCUT2D eigenvalue weighted by atomic mass is 79.9. The van der Waals surface area contributed by atoms with Crippen LogP contribution in [0.3, 0.4) is 0 Å². The molecule has 0 aromatic heterocycles. The first kappa shape index (κ1) is 24.3. The molecule has 35 heavy (non-hydrogen) atoms. The minimum Gasteiger partial charge on any atom is -0.545 e. The molecule has 0 bridgehead atoms. The molecule has 3 aromatic rings. The molecule has 174 valence electrons. The Hall–Kier alpha value is -3.87. The number of hydrogen-bond donors (Lipinski definition) is 0. The van der Waals surface area contributed by atoms with Crippen LogP contribution in [0, 0.1) is 11.3 Å². The van der Waals surface area contributed by atoms with E-state index in [2.05, 4.69) is 27.0 Å². The first-order valence-corrected chi connectivity index (χ1v) is 11.9. The molecule has 4 rings (SSSR count). The van der Waals surface area contributed by atoms with Crippen LogP contribution in [0.4, 0.5) is 5.69 Å². The number of ether oxygens (including phenoxy) is 1. The zero-order valence-electron chi connectivity index (χ0n) is 18.4. The van der Waals surface area contributed by atoms with Crippen LogP contribution < -0.4 is 9.84 Å². The number of carbonyl (C=O) groups is 2. The van der Waals surface area contributed by atoms with E-state index in [1.807, 2.05) is 24.3 Å². The minimum atomic E-state index is -1.26. The second-order valence-electron chi connectivity index (χ2n) is 7.44. The van der Waals surface area contributed by atoms with Crippen molar-refractivity contribution in [2.45, 2.75) is 6.61 Å². The number of amidine groups is 1. The lowest BCUT2D eigenvalue weighted by atomic mass is 10.1. The van der Waals surface area contributed by atoms with Gasteiger partial charge in [0, 0.05) is 22.6 Å². The van der Waals surface area contributed by atoms with Crippen molar-refractivity contribution in [3.8, 4) is 11.8 Å². The second kappa shape index (κ2) is 10.6. The van der Waals surface area contributed by atoms with Crippen LogP contribution in [0.5, 0.6) is 5.75 Å². The van der Waals surface area contributed by atoms with Crippen LogP contribution >= 0.6 is 27.7 Å². The lowest BCUT2D eigenvalue weighted by Crippen LogP contribution is -2.23. The summed E-state index contributed by atoms with van der Waals surface area (Å²) in [6.07, 6.45) is 1.74. The molecule has 1 heterocycles. The van der Waals surface area contributed by atoms with Crippen molar-refractivity contribution < 1.29 is 19.4 Å². The molecule has 0 N–H and O–H groups in total. The molecule has 0 saturated carbocycles. The lowest BCUT2D eigenvalue weighted by molar-refractivity contribution is -0.255. The van der Waals surface area contributed by atoms with Crippen molar-refractivity contribution in [3.05, 3.63) is 98.4 Å². The fraction of sp³-hybridized carbons (Fsp3) is 0.0769. The molecule has 9 heteroatoms. The quantitative estimate of drug-likeness (QED) is 0.421. The monoisotopic (exact) mass is 546 g/mol. The largest absolute Gasteiger partial charge is 0.545 e. The van der Waals surface area contributed by atoms with Crippen LogP contribution in [0.2, 0.25) is 0 Å². The van der Waals surface area contributed by atoms with Gasteiger partial charge in [-0.25, -0.2) is 4.99 Å². The van der Waals surface area contributed by atoms with Crippen molar-refractivity contribution in [1.29, 1.82) is 5.26 Å². The summed E-state index contributed by atoms with van der Waals surface area (Å²) in [6.45, 7) is 0.205. The molecular weight excluding hydrogens is 530 g/mol. The van der Waals surface area contributed by atoms with Crippen molar-refractivity contribution >= 4 is 56.5 Å². The second-order valence-corrected chi connectivity index (χ2v) is 9.37. The third-order valence-electron chi connectivity index (χ3n) is 5.11. The van der Waals surface area contributed by atoms with Gasteiger partial charge in [-0.05, 0) is 59.8 Å². The number of aliphatic imine (C=N–C) groups is 1. The summed E-state index contributed by atoms with van der Waals surface area (Å²) < 4.78 is 6.83. The average Bonchev–Trinajstić information content (AvgIpc) is 3.11. The zero-order valence-corrected chi connectivity index (χ0v) is 20.8. The van der Waals surface area contributed by atoms with Gasteiger partial charge in [0.1, 0.15) is 12.4 Å². The Kier molecular flexibility index (Phi) is 7.34. The van der Waals surface area contributed by atoms with E-state index in [0.29, 0.717) is 32.6 Å². The SMILES string of the molecule is CN1C(=O)/C(=C/c2cc(Br)ccc2OCc2ccccc2C#N)SC1=Nc1ccc(C(=O)[O-])cc1. The third-order valence-corrected chi connectivity index (χ3v) is 6.66. The van der Waals surface area contributed by atoms with Crippen LogP contribution in [-0.4, -0.2) is 29.0 Å². The first-order valence-electron chi connectivity index (χ1n) is 10.3. The Morgan fingerprint density at radius 1 is 1.20 bits per heavy atom. The molecule has 0 aliphatic carbocycles. The van der Waals surface area contributed by atoms with Gasteiger partial charge >= 0.3 is 0 Å². The molecule has 0 spiro atoms. The number of carboxylic acids is 1. The summed E-state index contributed by atoms with van der Waals surface area (Å²) in [4.78, 5) is 30.2. The number of nitriles is 1. The topological polar surface area (TPSA) is 106 Å². The van der Waals surface area contributed by atoms with E-state index < -0.39 is 5.97 Å². The number of carbonyl (C=O) groups excluding carboxylic acids is 2. The highest BCUT2D eigenvalue weighted by Gasteiger charge is 2.30. The number of carboxylic acid groups (broad SMARTS) is 1. The summed E-state index contributed by atoms with van der Waals surface area (Å²) >= 11 is 4.67.